The van der Waals surface area contributed by atoms with Crippen LogP contribution in [0.4, 0.5) is 5.69 Å². The first-order valence-electron chi connectivity index (χ1n) is 5.32. The van der Waals surface area contributed by atoms with Crippen molar-refractivity contribution in [3.63, 3.8) is 0 Å². The minimum absolute atomic E-state index is 0.342. The van der Waals surface area contributed by atoms with Crippen LogP contribution in [0.3, 0.4) is 0 Å². The van der Waals surface area contributed by atoms with Gasteiger partial charge in [0.2, 0.25) is 0 Å². The van der Waals surface area contributed by atoms with Gasteiger partial charge in [-0.3, -0.25) is 0 Å². The Hall–Kier alpha value is -0.670. The molecule has 0 aromatic heterocycles. The number of anilines is 1. The molecule has 1 saturated heterocycles. The maximum Gasteiger partial charge on any atom is 0.0669 e. The Labute approximate surface area is 95.2 Å². The zero-order valence-electron chi connectivity index (χ0n) is 9.19. The molecular weight excluding hydrogens is 206 g/mol. The molecule has 1 heterocycles. The maximum absolute atomic E-state index is 5.98. The number of rotatable bonds is 2. The van der Waals surface area contributed by atoms with Gasteiger partial charge in [-0.05, 0) is 31.9 Å². The highest BCUT2D eigenvalue weighted by atomic mass is 32.2. The zero-order valence-corrected chi connectivity index (χ0v) is 10.0. The standard InChI is InChI=1S/C12H17NOS/c1-8-4-3-5-10(13)12(8)15-11-6-7-14-9(11)2/h3-5,9,11H,6-7,13H2,1-2H3. The second kappa shape index (κ2) is 4.45. The number of hydrogen-bond acceptors (Lipinski definition) is 3. The fourth-order valence-corrected chi connectivity index (χ4v) is 3.10. The Bertz CT molecular complexity index is 333. The lowest BCUT2D eigenvalue weighted by molar-refractivity contribution is 0.127. The first-order valence-corrected chi connectivity index (χ1v) is 6.20. The van der Waals surface area contributed by atoms with Gasteiger partial charge in [0.15, 0.2) is 0 Å². The molecule has 1 fully saturated rings. The zero-order chi connectivity index (χ0) is 10.8. The minimum atomic E-state index is 0.342. The summed E-state index contributed by atoms with van der Waals surface area (Å²) in [5.41, 5.74) is 8.13. The summed E-state index contributed by atoms with van der Waals surface area (Å²) < 4.78 is 5.56. The van der Waals surface area contributed by atoms with Crippen molar-refractivity contribution < 1.29 is 4.74 Å². The summed E-state index contributed by atoms with van der Waals surface area (Å²) >= 11 is 1.86. The van der Waals surface area contributed by atoms with Gasteiger partial charge in [-0.1, -0.05) is 12.1 Å². The molecule has 2 N–H and O–H groups in total. The van der Waals surface area contributed by atoms with E-state index in [1.54, 1.807) is 0 Å². The van der Waals surface area contributed by atoms with Gasteiger partial charge >= 0.3 is 0 Å². The molecule has 0 aliphatic carbocycles. The molecule has 0 radical (unpaired) electrons. The van der Waals surface area contributed by atoms with Crippen LogP contribution in [-0.4, -0.2) is 18.0 Å². The average Bonchev–Trinajstić information content (AvgIpc) is 2.58. The van der Waals surface area contributed by atoms with Crippen LogP contribution in [0.1, 0.15) is 18.9 Å². The van der Waals surface area contributed by atoms with Gasteiger partial charge in [0, 0.05) is 22.4 Å². The number of hydrogen-bond donors (Lipinski definition) is 1. The Kier molecular flexibility index (Phi) is 3.22. The molecule has 0 amide bonds. The molecule has 0 bridgehead atoms. The molecule has 2 unspecified atom stereocenters. The smallest absolute Gasteiger partial charge is 0.0669 e. The average molecular weight is 223 g/mol. The molecule has 1 aromatic carbocycles. The van der Waals surface area contributed by atoms with Crippen LogP contribution in [0.25, 0.3) is 0 Å². The van der Waals surface area contributed by atoms with Crippen molar-refractivity contribution in [3.8, 4) is 0 Å². The molecule has 2 rings (SSSR count). The van der Waals surface area contributed by atoms with Crippen molar-refractivity contribution in [2.75, 3.05) is 12.3 Å². The molecule has 1 aromatic rings. The molecule has 0 saturated carbocycles. The quantitative estimate of drug-likeness (QED) is 0.783. The highest BCUT2D eigenvalue weighted by molar-refractivity contribution is 8.00. The van der Waals surface area contributed by atoms with Crippen molar-refractivity contribution in [2.24, 2.45) is 0 Å². The number of nitrogen functional groups attached to an aromatic ring is 1. The molecular formula is C12H17NOS. The van der Waals surface area contributed by atoms with Gasteiger partial charge in [0.25, 0.3) is 0 Å². The number of ether oxygens (including phenoxy) is 1. The number of nitrogens with two attached hydrogens (primary N) is 1. The van der Waals surface area contributed by atoms with Gasteiger partial charge in [-0.2, -0.15) is 0 Å². The van der Waals surface area contributed by atoms with Crippen molar-refractivity contribution >= 4 is 17.4 Å². The Balaban J connectivity index is 2.16. The van der Waals surface area contributed by atoms with E-state index in [0.717, 1.165) is 18.7 Å². The molecule has 15 heavy (non-hydrogen) atoms. The second-order valence-electron chi connectivity index (χ2n) is 4.01. The first-order chi connectivity index (χ1) is 7.18. The lowest BCUT2D eigenvalue weighted by atomic mass is 10.2. The topological polar surface area (TPSA) is 35.2 Å². The van der Waals surface area contributed by atoms with Crippen LogP contribution >= 0.6 is 11.8 Å². The molecule has 0 spiro atoms. The van der Waals surface area contributed by atoms with Crippen molar-refractivity contribution in [1.29, 1.82) is 0 Å². The minimum Gasteiger partial charge on any atom is -0.398 e. The second-order valence-corrected chi connectivity index (χ2v) is 5.26. The van der Waals surface area contributed by atoms with E-state index in [-0.39, 0.29) is 0 Å². The van der Waals surface area contributed by atoms with E-state index >= 15 is 0 Å². The summed E-state index contributed by atoms with van der Waals surface area (Å²) in [4.78, 5) is 1.22. The lowest BCUT2D eigenvalue weighted by Crippen LogP contribution is -2.13. The molecule has 82 valence electrons. The van der Waals surface area contributed by atoms with Crippen LogP contribution in [0.2, 0.25) is 0 Å². The van der Waals surface area contributed by atoms with Crippen molar-refractivity contribution in [2.45, 2.75) is 36.5 Å². The first kappa shape index (κ1) is 10.8. The Morgan fingerprint density at radius 1 is 1.47 bits per heavy atom. The fraction of sp³-hybridized carbons (Fsp3) is 0.500. The third-order valence-corrected chi connectivity index (χ3v) is 4.53. The van der Waals surface area contributed by atoms with Crippen molar-refractivity contribution in [1.82, 2.24) is 0 Å². The van der Waals surface area contributed by atoms with E-state index in [1.165, 1.54) is 10.5 Å². The van der Waals surface area contributed by atoms with Gasteiger partial charge < -0.3 is 10.5 Å². The molecule has 3 heteroatoms. The van der Waals surface area contributed by atoms with Gasteiger partial charge in [0.05, 0.1) is 6.10 Å². The highest BCUT2D eigenvalue weighted by Gasteiger charge is 2.26. The summed E-state index contributed by atoms with van der Waals surface area (Å²) in [5, 5.41) is 0.549. The van der Waals surface area contributed by atoms with Crippen LogP contribution in [0.5, 0.6) is 0 Å². The predicted octanol–water partition coefficient (Wildman–Crippen LogP) is 2.85. The summed E-state index contributed by atoms with van der Waals surface area (Å²) in [6.07, 6.45) is 1.47. The van der Waals surface area contributed by atoms with E-state index in [0.29, 0.717) is 11.4 Å². The van der Waals surface area contributed by atoms with Crippen LogP contribution in [-0.2, 0) is 4.74 Å². The summed E-state index contributed by atoms with van der Waals surface area (Å²) in [6, 6.07) is 6.08. The monoisotopic (exact) mass is 223 g/mol. The van der Waals surface area contributed by atoms with Crippen LogP contribution < -0.4 is 5.73 Å². The van der Waals surface area contributed by atoms with E-state index in [2.05, 4.69) is 19.9 Å². The third-order valence-electron chi connectivity index (χ3n) is 2.82. The Morgan fingerprint density at radius 3 is 2.87 bits per heavy atom. The van der Waals surface area contributed by atoms with Crippen molar-refractivity contribution in [3.05, 3.63) is 23.8 Å². The summed E-state index contributed by atoms with van der Waals surface area (Å²) in [7, 11) is 0. The Morgan fingerprint density at radius 2 is 2.27 bits per heavy atom. The molecule has 2 atom stereocenters. The molecule has 1 aliphatic heterocycles. The van der Waals surface area contributed by atoms with E-state index in [1.807, 2.05) is 23.9 Å². The number of benzene rings is 1. The fourth-order valence-electron chi connectivity index (χ4n) is 1.85. The molecule has 1 aliphatic rings. The van der Waals surface area contributed by atoms with Crippen LogP contribution in [0, 0.1) is 6.92 Å². The predicted molar refractivity (Wildman–Crippen MR) is 65.3 cm³/mol. The lowest BCUT2D eigenvalue weighted by Gasteiger charge is -2.16. The van der Waals surface area contributed by atoms with E-state index in [9.17, 15) is 0 Å². The summed E-state index contributed by atoms with van der Waals surface area (Å²) in [6.45, 7) is 5.13. The van der Waals surface area contributed by atoms with Gasteiger partial charge in [0.1, 0.15) is 0 Å². The number of aryl methyl sites for hydroxylation is 1. The van der Waals surface area contributed by atoms with Crippen LogP contribution in [0.15, 0.2) is 23.1 Å². The number of thioether (sulfide) groups is 1. The highest BCUT2D eigenvalue weighted by Crippen LogP contribution is 2.37. The third kappa shape index (κ3) is 2.29. The largest absolute Gasteiger partial charge is 0.398 e. The van der Waals surface area contributed by atoms with E-state index in [4.69, 9.17) is 10.5 Å². The van der Waals surface area contributed by atoms with Gasteiger partial charge in [-0.15, -0.1) is 11.8 Å². The SMILES string of the molecule is Cc1cccc(N)c1SC1CCOC1C. The molecule has 2 nitrogen and oxygen atoms in total. The normalized spacial score (nSPS) is 25.7. The summed E-state index contributed by atoms with van der Waals surface area (Å²) in [5.74, 6) is 0. The van der Waals surface area contributed by atoms with E-state index < -0.39 is 0 Å². The maximum atomic E-state index is 5.98. The van der Waals surface area contributed by atoms with Gasteiger partial charge in [-0.25, -0.2) is 0 Å².